The van der Waals surface area contributed by atoms with Gasteiger partial charge in [-0.05, 0) is 55.8 Å². The average molecular weight is 226 g/mol. The smallest absolute Gasteiger partial charge is 0.0490 e. The first-order valence-corrected chi connectivity index (χ1v) is 7.02. The maximum Gasteiger partial charge on any atom is 0.0490 e. The third-order valence-corrected chi connectivity index (χ3v) is 5.14. The Morgan fingerprint density at radius 2 is 1.50 bits per heavy atom. The summed E-state index contributed by atoms with van der Waals surface area (Å²) in [6.45, 7) is 0.750. The van der Waals surface area contributed by atoms with Gasteiger partial charge in [0.05, 0.1) is 0 Å². The molecular weight excluding hydrogens is 200 g/mol. The van der Waals surface area contributed by atoms with Crippen molar-refractivity contribution < 1.29 is 10.2 Å². The Hall–Kier alpha value is -0.0800. The molecule has 94 valence electrons. The van der Waals surface area contributed by atoms with Gasteiger partial charge in [-0.1, -0.05) is 19.3 Å². The predicted octanol–water partition coefficient (Wildman–Crippen LogP) is 2.73. The van der Waals surface area contributed by atoms with Gasteiger partial charge in [0.1, 0.15) is 0 Å². The SMILES string of the molecule is OCC1CCC(C2(CO)CCCCC2)CC1. The highest BCUT2D eigenvalue weighted by Crippen LogP contribution is 2.48. The molecule has 2 fully saturated rings. The summed E-state index contributed by atoms with van der Waals surface area (Å²) in [6.07, 6.45) is 11.2. The molecule has 2 rings (SSSR count). The minimum atomic E-state index is 0.249. The molecule has 0 aromatic rings. The van der Waals surface area contributed by atoms with E-state index < -0.39 is 0 Å². The van der Waals surface area contributed by atoms with Crippen molar-refractivity contribution in [2.24, 2.45) is 17.3 Å². The van der Waals surface area contributed by atoms with Crippen LogP contribution >= 0.6 is 0 Å². The Balaban J connectivity index is 1.94. The van der Waals surface area contributed by atoms with Gasteiger partial charge in [-0.3, -0.25) is 0 Å². The van der Waals surface area contributed by atoms with Crippen molar-refractivity contribution in [3.8, 4) is 0 Å². The van der Waals surface area contributed by atoms with E-state index in [2.05, 4.69) is 0 Å². The lowest BCUT2D eigenvalue weighted by Crippen LogP contribution is -2.38. The highest BCUT2D eigenvalue weighted by Gasteiger charge is 2.40. The summed E-state index contributed by atoms with van der Waals surface area (Å²) in [5, 5.41) is 18.9. The summed E-state index contributed by atoms with van der Waals surface area (Å²) in [5.41, 5.74) is 0.249. The Bertz CT molecular complexity index is 201. The van der Waals surface area contributed by atoms with Crippen molar-refractivity contribution in [1.29, 1.82) is 0 Å². The van der Waals surface area contributed by atoms with E-state index in [-0.39, 0.29) is 5.41 Å². The van der Waals surface area contributed by atoms with Gasteiger partial charge in [0.15, 0.2) is 0 Å². The fourth-order valence-electron chi connectivity index (χ4n) is 3.91. The van der Waals surface area contributed by atoms with Crippen LogP contribution in [-0.4, -0.2) is 23.4 Å². The summed E-state index contributed by atoms with van der Waals surface area (Å²) >= 11 is 0. The number of aliphatic hydroxyl groups excluding tert-OH is 2. The lowest BCUT2D eigenvalue weighted by atomic mass is 9.61. The fraction of sp³-hybridized carbons (Fsp3) is 1.00. The highest BCUT2D eigenvalue weighted by atomic mass is 16.3. The van der Waals surface area contributed by atoms with Crippen molar-refractivity contribution in [3.63, 3.8) is 0 Å². The Morgan fingerprint density at radius 1 is 0.875 bits per heavy atom. The number of hydrogen-bond donors (Lipinski definition) is 2. The summed E-state index contributed by atoms with van der Waals surface area (Å²) in [5.74, 6) is 1.26. The fourth-order valence-corrected chi connectivity index (χ4v) is 3.91. The molecule has 0 aliphatic heterocycles. The molecule has 0 bridgehead atoms. The van der Waals surface area contributed by atoms with Gasteiger partial charge in [0, 0.05) is 13.2 Å². The van der Waals surface area contributed by atoms with E-state index in [1.807, 2.05) is 0 Å². The van der Waals surface area contributed by atoms with Crippen LogP contribution in [0.5, 0.6) is 0 Å². The van der Waals surface area contributed by atoms with Crippen LogP contribution in [0.4, 0.5) is 0 Å². The van der Waals surface area contributed by atoms with Crippen LogP contribution in [0.1, 0.15) is 57.8 Å². The van der Waals surface area contributed by atoms with E-state index >= 15 is 0 Å². The molecule has 0 amide bonds. The molecule has 0 aromatic heterocycles. The molecule has 2 heteroatoms. The van der Waals surface area contributed by atoms with Crippen molar-refractivity contribution >= 4 is 0 Å². The van der Waals surface area contributed by atoms with E-state index in [1.54, 1.807) is 0 Å². The first kappa shape index (κ1) is 12.4. The lowest BCUT2D eigenvalue weighted by molar-refractivity contribution is -0.00460. The zero-order valence-electron chi connectivity index (χ0n) is 10.3. The first-order valence-electron chi connectivity index (χ1n) is 7.02. The molecule has 0 heterocycles. The van der Waals surface area contributed by atoms with Gasteiger partial charge in [-0.2, -0.15) is 0 Å². The van der Waals surface area contributed by atoms with E-state index in [9.17, 15) is 5.11 Å². The molecule has 0 aromatic carbocycles. The quantitative estimate of drug-likeness (QED) is 0.777. The molecule has 2 nitrogen and oxygen atoms in total. The van der Waals surface area contributed by atoms with Crippen molar-refractivity contribution in [1.82, 2.24) is 0 Å². The molecule has 2 N–H and O–H groups in total. The third kappa shape index (κ3) is 2.43. The molecular formula is C14H26O2. The van der Waals surface area contributed by atoms with Gasteiger partial charge in [0.2, 0.25) is 0 Å². The van der Waals surface area contributed by atoms with Crippen LogP contribution in [0.15, 0.2) is 0 Å². The number of rotatable bonds is 3. The average Bonchev–Trinajstić information content (AvgIpc) is 2.39. The molecule has 0 unspecified atom stereocenters. The number of aliphatic hydroxyl groups is 2. The second kappa shape index (κ2) is 5.50. The molecule has 0 radical (unpaired) electrons. The predicted molar refractivity (Wildman–Crippen MR) is 65.1 cm³/mol. The second-order valence-electron chi connectivity index (χ2n) is 5.98. The maximum atomic E-state index is 9.77. The zero-order chi connectivity index (χ0) is 11.4. The maximum absolute atomic E-state index is 9.77. The minimum absolute atomic E-state index is 0.249. The monoisotopic (exact) mass is 226 g/mol. The van der Waals surface area contributed by atoms with Crippen molar-refractivity contribution in [2.45, 2.75) is 57.8 Å². The molecule has 0 saturated heterocycles. The third-order valence-electron chi connectivity index (χ3n) is 5.14. The minimum Gasteiger partial charge on any atom is -0.396 e. The molecule has 2 saturated carbocycles. The zero-order valence-corrected chi connectivity index (χ0v) is 10.3. The van der Waals surface area contributed by atoms with Crippen LogP contribution in [0.25, 0.3) is 0 Å². The van der Waals surface area contributed by atoms with Gasteiger partial charge >= 0.3 is 0 Å². The van der Waals surface area contributed by atoms with E-state index in [0.29, 0.717) is 19.1 Å². The first-order chi connectivity index (χ1) is 7.80. The Labute approximate surface area is 99.1 Å². The Morgan fingerprint density at radius 3 is 2.00 bits per heavy atom. The molecule has 16 heavy (non-hydrogen) atoms. The van der Waals surface area contributed by atoms with Crippen molar-refractivity contribution in [2.75, 3.05) is 13.2 Å². The van der Waals surface area contributed by atoms with E-state index in [4.69, 9.17) is 5.11 Å². The summed E-state index contributed by atoms with van der Waals surface area (Å²) < 4.78 is 0. The van der Waals surface area contributed by atoms with Crippen LogP contribution < -0.4 is 0 Å². The largest absolute Gasteiger partial charge is 0.396 e. The van der Waals surface area contributed by atoms with Crippen LogP contribution in [0, 0.1) is 17.3 Å². The van der Waals surface area contributed by atoms with Crippen LogP contribution in [-0.2, 0) is 0 Å². The second-order valence-corrected chi connectivity index (χ2v) is 5.98. The topological polar surface area (TPSA) is 40.5 Å². The van der Waals surface area contributed by atoms with Gasteiger partial charge in [0.25, 0.3) is 0 Å². The standard InChI is InChI=1S/C14H26O2/c15-10-12-4-6-13(7-5-12)14(11-16)8-2-1-3-9-14/h12-13,15-16H,1-11H2. The van der Waals surface area contributed by atoms with Crippen LogP contribution in [0.3, 0.4) is 0 Å². The molecule has 2 aliphatic carbocycles. The van der Waals surface area contributed by atoms with E-state index in [0.717, 1.165) is 5.92 Å². The Kier molecular flexibility index (Phi) is 4.26. The summed E-state index contributed by atoms with van der Waals surface area (Å²) in [7, 11) is 0. The van der Waals surface area contributed by atoms with Crippen molar-refractivity contribution in [3.05, 3.63) is 0 Å². The molecule has 0 spiro atoms. The molecule has 2 aliphatic rings. The summed E-state index contributed by atoms with van der Waals surface area (Å²) in [6, 6.07) is 0. The van der Waals surface area contributed by atoms with Crippen LogP contribution in [0.2, 0.25) is 0 Å². The van der Waals surface area contributed by atoms with E-state index in [1.165, 1.54) is 57.8 Å². The normalized spacial score (nSPS) is 34.9. The number of hydrogen-bond acceptors (Lipinski definition) is 2. The van der Waals surface area contributed by atoms with Gasteiger partial charge in [-0.15, -0.1) is 0 Å². The lowest BCUT2D eigenvalue weighted by Gasteiger charge is -2.45. The van der Waals surface area contributed by atoms with Gasteiger partial charge in [-0.25, -0.2) is 0 Å². The molecule has 0 atom stereocenters. The summed E-state index contributed by atoms with van der Waals surface area (Å²) in [4.78, 5) is 0. The van der Waals surface area contributed by atoms with Gasteiger partial charge < -0.3 is 10.2 Å². The highest BCUT2D eigenvalue weighted by molar-refractivity contribution is 4.91.